The number of fused-ring (bicyclic) bond motifs is 5. The lowest BCUT2D eigenvalue weighted by Gasteiger charge is -2.59. The number of hydrogen-bond acceptors (Lipinski definition) is 1. The number of allylic oxidation sites excluding steroid dienone is 2. The van der Waals surface area contributed by atoms with Crippen molar-refractivity contribution in [2.24, 2.45) is 34.5 Å². The fourth-order valence-electron chi connectivity index (χ4n) is 7.74. The third kappa shape index (κ3) is 2.32. The highest BCUT2D eigenvalue weighted by atomic mass is 16.3. The first-order valence-electron chi connectivity index (χ1n) is 10.9. The summed E-state index contributed by atoms with van der Waals surface area (Å²) in [5.41, 5.74) is 3.72. The Kier molecular flexibility index (Phi) is 3.91. The number of rotatable bonds is 1. The quantitative estimate of drug-likeness (QED) is 0.650. The van der Waals surface area contributed by atoms with Crippen LogP contribution in [0.5, 0.6) is 0 Å². The Labute approximate surface area is 158 Å². The van der Waals surface area contributed by atoms with Gasteiger partial charge in [-0.1, -0.05) is 50.3 Å². The van der Waals surface area contributed by atoms with Gasteiger partial charge >= 0.3 is 0 Å². The minimum absolute atomic E-state index is 0.0464. The van der Waals surface area contributed by atoms with E-state index >= 15 is 0 Å². The van der Waals surface area contributed by atoms with Gasteiger partial charge in [0.1, 0.15) is 0 Å². The molecule has 7 atom stereocenters. The summed E-state index contributed by atoms with van der Waals surface area (Å²) in [6.07, 6.45) is 12.8. The smallest absolute Gasteiger partial charge is 0.0596 e. The predicted molar refractivity (Wildman–Crippen MR) is 108 cm³/mol. The maximum Gasteiger partial charge on any atom is 0.0596 e. The van der Waals surface area contributed by atoms with Crippen LogP contribution in [0.1, 0.15) is 70.8 Å². The van der Waals surface area contributed by atoms with Crippen LogP contribution in [-0.4, -0.2) is 11.2 Å². The Hall–Kier alpha value is -1.08. The Morgan fingerprint density at radius 3 is 2.46 bits per heavy atom. The second-order valence-electron chi connectivity index (χ2n) is 10.3. The molecule has 140 valence electrons. The molecule has 0 radical (unpaired) electrons. The SMILES string of the molecule is C[C@]12CC=C(c3ccccc3)C[C@@H]1CC[C@H]1[C@@H]2CC[C@]2(C)[C@@H](O)CC[C@@H]12. The Morgan fingerprint density at radius 1 is 0.885 bits per heavy atom. The normalized spacial score (nSPS) is 47.5. The number of aliphatic hydroxyl groups excluding tert-OH is 1. The molecule has 0 heterocycles. The lowest BCUT2D eigenvalue weighted by molar-refractivity contribution is -0.108. The molecule has 3 fully saturated rings. The van der Waals surface area contributed by atoms with Crippen LogP contribution < -0.4 is 0 Å². The minimum atomic E-state index is -0.0464. The van der Waals surface area contributed by atoms with Crippen molar-refractivity contribution >= 4 is 5.57 Å². The molecule has 0 bridgehead atoms. The third-order valence-corrected chi connectivity index (χ3v) is 9.41. The topological polar surface area (TPSA) is 20.2 Å². The van der Waals surface area contributed by atoms with Gasteiger partial charge in [-0.25, -0.2) is 0 Å². The highest BCUT2D eigenvalue weighted by Gasteiger charge is 2.59. The largest absolute Gasteiger partial charge is 0.393 e. The minimum Gasteiger partial charge on any atom is -0.393 e. The standard InChI is InChI=1S/C25H34O/c1-24-14-12-18(17-6-4-3-5-7-17)16-19(24)8-9-20-21-10-11-23(26)25(21,2)15-13-22(20)24/h3-7,12,19-23,26H,8-11,13-16H2,1-2H3/t19-,20+,21-,22-,23-,24-,25-/m0/s1. The molecule has 0 aromatic heterocycles. The Balaban J connectivity index is 1.43. The first-order chi connectivity index (χ1) is 12.5. The van der Waals surface area contributed by atoms with E-state index in [0.29, 0.717) is 5.41 Å². The first kappa shape index (κ1) is 17.0. The molecule has 4 aliphatic rings. The van der Waals surface area contributed by atoms with Crippen molar-refractivity contribution in [3.05, 3.63) is 42.0 Å². The van der Waals surface area contributed by atoms with E-state index in [0.717, 1.165) is 30.1 Å². The molecule has 0 aliphatic heterocycles. The Bertz CT molecular complexity index is 706. The first-order valence-corrected chi connectivity index (χ1v) is 10.9. The van der Waals surface area contributed by atoms with E-state index in [4.69, 9.17) is 0 Å². The monoisotopic (exact) mass is 350 g/mol. The average Bonchev–Trinajstić information content (AvgIpc) is 2.97. The van der Waals surface area contributed by atoms with Crippen LogP contribution in [0, 0.1) is 34.5 Å². The van der Waals surface area contributed by atoms with E-state index in [2.05, 4.69) is 50.3 Å². The zero-order valence-electron chi connectivity index (χ0n) is 16.5. The molecule has 1 N–H and O–H groups in total. The fourth-order valence-corrected chi connectivity index (χ4v) is 7.74. The highest BCUT2D eigenvalue weighted by molar-refractivity contribution is 5.66. The summed E-state index contributed by atoms with van der Waals surface area (Å²) in [5, 5.41) is 10.6. The van der Waals surface area contributed by atoms with E-state index in [9.17, 15) is 5.11 Å². The van der Waals surface area contributed by atoms with E-state index in [-0.39, 0.29) is 11.5 Å². The molecule has 5 rings (SSSR count). The average molecular weight is 351 g/mol. The van der Waals surface area contributed by atoms with Gasteiger partial charge in [0.05, 0.1) is 6.10 Å². The van der Waals surface area contributed by atoms with E-state index in [1.807, 2.05) is 0 Å². The van der Waals surface area contributed by atoms with Gasteiger partial charge in [0.25, 0.3) is 0 Å². The summed E-state index contributed by atoms with van der Waals surface area (Å²) in [6, 6.07) is 11.0. The second-order valence-corrected chi connectivity index (χ2v) is 10.3. The molecule has 0 amide bonds. The van der Waals surface area contributed by atoms with Crippen molar-refractivity contribution in [1.82, 2.24) is 0 Å². The molecule has 1 nitrogen and oxygen atoms in total. The maximum absolute atomic E-state index is 10.6. The van der Waals surface area contributed by atoms with Crippen LogP contribution in [0.25, 0.3) is 5.57 Å². The number of benzene rings is 1. The molecule has 0 spiro atoms. The lowest BCUT2D eigenvalue weighted by atomic mass is 9.45. The third-order valence-electron chi connectivity index (χ3n) is 9.41. The van der Waals surface area contributed by atoms with Gasteiger partial charge in [-0.2, -0.15) is 0 Å². The molecule has 26 heavy (non-hydrogen) atoms. The zero-order valence-corrected chi connectivity index (χ0v) is 16.5. The van der Waals surface area contributed by atoms with Crippen molar-refractivity contribution in [3.8, 4) is 0 Å². The summed E-state index contributed by atoms with van der Waals surface area (Å²) in [7, 11) is 0. The van der Waals surface area contributed by atoms with Gasteiger partial charge in [0.15, 0.2) is 0 Å². The molecule has 1 aromatic carbocycles. The van der Waals surface area contributed by atoms with Crippen molar-refractivity contribution in [1.29, 1.82) is 0 Å². The van der Waals surface area contributed by atoms with Crippen molar-refractivity contribution in [2.75, 3.05) is 0 Å². The van der Waals surface area contributed by atoms with Gasteiger partial charge in [0.2, 0.25) is 0 Å². The van der Waals surface area contributed by atoms with E-state index < -0.39 is 0 Å². The summed E-state index contributed by atoms with van der Waals surface area (Å²) in [6.45, 7) is 5.01. The second kappa shape index (κ2) is 5.96. The molecule has 1 heteroatoms. The van der Waals surface area contributed by atoms with Gasteiger partial charge in [-0.15, -0.1) is 0 Å². The summed E-state index contributed by atoms with van der Waals surface area (Å²) >= 11 is 0. The van der Waals surface area contributed by atoms with E-state index in [1.54, 1.807) is 5.57 Å². The molecular weight excluding hydrogens is 316 g/mol. The van der Waals surface area contributed by atoms with Crippen LogP contribution in [0.4, 0.5) is 0 Å². The van der Waals surface area contributed by atoms with Crippen LogP contribution in [-0.2, 0) is 0 Å². The van der Waals surface area contributed by atoms with Crippen molar-refractivity contribution < 1.29 is 5.11 Å². The molecule has 0 saturated heterocycles. The number of hydrogen-bond donors (Lipinski definition) is 1. The molecule has 3 saturated carbocycles. The molecular formula is C25H34O. The van der Waals surface area contributed by atoms with Gasteiger partial charge in [0, 0.05) is 0 Å². The predicted octanol–water partition coefficient (Wildman–Crippen LogP) is 6.08. The zero-order chi connectivity index (χ0) is 17.9. The van der Waals surface area contributed by atoms with E-state index in [1.165, 1.54) is 50.5 Å². The summed E-state index contributed by atoms with van der Waals surface area (Å²) in [5.74, 6) is 3.35. The van der Waals surface area contributed by atoms with Gasteiger partial charge in [-0.3, -0.25) is 0 Å². The fraction of sp³-hybridized carbons (Fsp3) is 0.680. The lowest BCUT2D eigenvalue weighted by Crippen LogP contribution is -2.53. The number of aliphatic hydroxyl groups is 1. The highest BCUT2D eigenvalue weighted by Crippen LogP contribution is 2.66. The molecule has 0 unspecified atom stereocenters. The maximum atomic E-state index is 10.6. The Morgan fingerprint density at radius 2 is 1.65 bits per heavy atom. The molecule has 4 aliphatic carbocycles. The van der Waals surface area contributed by atoms with Crippen molar-refractivity contribution in [3.63, 3.8) is 0 Å². The molecule has 1 aromatic rings. The van der Waals surface area contributed by atoms with Gasteiger partial charge < -0.3 is 5.11 Å². The van der Waals surface area contributed by atoms with Crippen LogP contribution >= 0.6 is 0 Å². The summed E-state index contributed by atoms with van der Waals surface area (Å²) in [4.78, 5) is 0. The van der Waals surface area contributed by atoms with Crippen LogP contribution in [0.2, 0.25) is 0 Å². The van der Waals surface area contributed by atoms with Crippen LogP contribution in [0.15, 0.2) is 36.4 Å². The van der Waals surface area contributed by atoms with Crippen LogP contribution in [0.3, 0.4) is 0 Å². The summed E-state index contributed by atoms with van der Waals surface area (Å²) < 4.78 is 0. The van der Waals surface area contributed by atoms with Gasteiger partial charge in [-0.05, 0) is 97.0 Å². The van der Waals surface area contributed by atoms with Crippen molar-refractivity contribution in [2.45, 2.75) is 71.3 Å².